The molecule has 0 aromatic carbocycles. The minimum absolute atomic E-state index is 0.878. The lowest BCUT2D eigenvalue weighted by Crippen LogP contribution is -2.02. The number of thiophene rings is 1. The van der Waals surface area contributed by atoms with Crippen LogP contribution in [0, 0.1) is 13.8 Å². The largest absolute Gasteiger partial charge is 0.263 e. The predicted octanol–water partition coefficient (Wildman–Crippen LogP) is 3.93. The van der Waals surface area contributed by atoms with Crippen LogP contribution in [0.3, 0.4) is 0 Å². The Bertz CT molecular complexity index is 499. The van der Waals surface area contributed by atoms with Crippen LogP contribution >= 0.6 is 27.3 Å². The summed E-state index contributed by atoms with van der Waals surface area (Å²) in [6.45, 7) is 7.19. The van der Waals surface area contributed by atoms with Gasteiger partial charge in [0.25, 0.3) is 0 Å². The van der Waals surface area contributed by atoms with Crippen molar-refractivity contribution in [1.82, 2.24) is 9.78 Å². The maximum atomic E-state index is 4.52. The Morgan fingerprint density at radius 2 is 2.00 bits per heavy atom. The summed E-state index contributed by atoms with van der Waals surface area (Å²) in [6.07, 6.45) is 1.12. The maximum Gasteiger partial charge on any atom is 0.0755 e. The van der Waals surface area contributed by atoms with Crippen molar-refractivity contribution in [2.24, 2.45) is 0 Å². The first-order chi connectivity index (χ1) is 7.61. The number of hydrogen-bond donors (Lipinski definition) is 0. The number of halogens is 1. The highest BCUT2D eigenvalue weighted by Gasteiger charge is 2.09. The molecule has 2 nitrogen and oxygen atoms in total. The molecule has 0 aliphatic carbocycles. The lowest BCUT2D eigenvalue weighted by Gasteiger charge is -2.01. The first kappa shape index (κ1) is 11.9. The molecule has 0 saturated heterocycles. The molecule has 2 aromatic heterocycles. The lowest BCUT2D eigenvalue weighted by molar-refractivity contribution is 0.665. The molecule has 2 rings (SSSR count). The molecule has 2 heterocycles. The van der Waals surface area contributed by atoms with Gasteiger partial charge in [-0.1, -0.05) is 6.92 Å². The topological polar surface area (TPSA) is 17.8 Å². The van der Waals surface area contributed by atoms with E-state index in [1.807, 2.05) is 18.3 Å². The van der Waals surface area contributed by atoms with Gasteiger partial charge in [0.1, 0.15) is 0 Å². The molecular weight excluding hydrogens is 284 g/mol. The molecule has 4 heteroatoms. The van der Waals surface area contributed by atoms with Crippen molar-refractivity contribution in [3.05, 3.63) is 37.7 Å². The molecule has 0 aliphatic rings. The Kier molecular flexibility index (Phi) is 3.50. The van der Waals surface area contributed by atoms with E-state index in [-0.39, 0.29) is 0 Å². The van der Waals surface area contributed by atoms with E-state index in [0.29, 0.717) is 0 Å². The van der Waals surface area contributed by atoms with Crippen LogP contribution in [0.5, 0.6) is 0 Å². The molecule has 0 unspecified atom stereocenters. The van der Waals surface area contributed by atoms with Gasteiger partial charge in [0.2, 0.25) is 0 Å². The van der Waals surface area contributed by atoms with Crippen molar-refractivity contribution in [1.29, 1.82) is 0 Å². The third kappa shape index (κ3) is 2.23. The molecular formula is C12H15BrN2S. The summed E-state index contributed by atoms with van der Waals surface area (Å²) >= 11 is 5.43. The molecule has 16 heavy (non-hydrogen) atoms. The van der Waals surface area contributed by atoms with E-state index >= 15 is 0 Å². The maximum absolute atomic E-state index is 4.52. The van der Waals surface area contributed by atoms with Crippen molar-refractivity contribution >= 4 is 27.3 Å². The van der Waals surface area contributed by atoms with E-state index in [0.717, 1.165) is 23.1 Å². The average molecular weight is 299 g/mol. The van der Waals surface area contributed by atoms with Crippen LogP contribution in [0.4, 0.5) is 0 Å². The van der Waals surface area contributed by atoms with Crippen LogP contribution in [0.1, 0.15) is 28.1 Å². The van der Waals surface area contributed by atoms with Crippen molar-refractivity contribution < 1.29 is 0 Å². The molecule has 0 spiro atoms. The fourth-order valence-electron chi connectivity index (χ4n) is 1.67. The zero-order valence-electron chi connectivity index (χ0n) is 9.75. The number of rotatable bonds is 3. The molecule has 0 radical (unpaired) electrons. The second-order valence-electron chi connectivity index (χ2n) is 3.86. The van der Waals surface area contributed by atoms with Crippen LogP contribution in [0.2, 0.25) is 0 Å². The SMILES string of the molecule is CCc1ccc(Cn2nc(C)c(Br)c2C)s1. The molecule has 86 valence electrons. The van der Waals surface area contributed by atoms with Crippen LogP contribution in [-0.2, 0) is 13.0 Å². The Balaban J connectivity index is 2.23. The van der Waals surface area contributed by atoms with E-state index in [1.165, 1.54) is 15.4 Å². The monoisotopic (exact) mass is 298 g/mol. The fraction of sp³-hybridized carbons (Fsp3) is 0.417. The van der Waals surface area contributed by atoms with E-state index in [9.17, 15) is 0 Å². The third-order valence-corrected chi connectivity index (χ3v) is 5.03. The van der Waals surface area contributed by atoms with E-state index in [1.54, 1.807) is 0 Å². The summed E-state index contributed by atoms with van der Waals surface area (Å²) in [4.78, 5) is 2.81. The van der Waals surface area contributed by atoms with Crippen LogP contribution in [-0.4, -0.2) is 9.78 Å². The Hall–Kier alpha value is -0.610. The second-order valence-corrected chi connectivity index (χ2v) is 5.91. The molecule has 0 atom stereocenters. The second kappa shape index (κ2) is 4.72. The Morgan fingerprint density at radius 3 is 2.50 bits per heavy atom. The minimum Gasteiger partial charge on any atom is -0.263 e. The normalized spacial score (nSPS) is 11.0. The van der Waals surface area contributed by atoms with Gasteiger partial charge in [0.15, 0.2) is 0 Å². The fourth-order valence-corrected chi connectivity index (χ4v) is 2.90. The highest BCUT2D eigenvalue weighted by Crippen LogP contribution is 2.23. The highest BCUT2D eigenvalue weighted by atomic mass is 79.9. The summed E-state index contributed by atoms with van der Waals surface area (Å²) in [5.41, 5.74) is 2.26. The average Bonchev–Trinajstić information content (AvgIpc) is 2.81. The van der Waals surface area contributed by atoms with Crippen molar-refractivity contribution in [2.45, 2.75) is 33.7 Å². The van der Waals surface area contributed by atoms with Gasteiger partial charge in [-0.3, -0.25) is 4.68 Å². The number of aryl methyl sites for hydroxylation is 2. The van der Waals surface area contributed by atoms with E-state index in [2.05, 4.69) is 51.7 Å². The summed E-state index contributed by atoms with van der Waals surface area (Å²) in [5.74, 6) is 0. The van der Waals surface area contributed by atoms with Crippen molar-refractivity contribution in [3.8, 4) is 0 Å². The van der Waals surface area contributed by atoms with Crippen molar-refractivity contribution in [3.63, 3.8) is 0 Å². The molecule has 0 bridgehead atoms. The van der Waals surface area contributed by atoms with Gasteiger partial charge in [-0.25, -0.2) is 0 Å². The zero-order chi connectivity index (χ0) is 11.7. The predicted molar refractivity (Wildman–Crippen MR) is 72.2 cm³/mol. The Labute approximate surface area is 108 Å². The lowest BCUT2D eigenvalue weighted by atomic mass is 10.3. The molecule has 0 saturated carbocycles. The van der Waals surface area contributed by atoms with Gasteiger partial charge >= 0.3 is 0 Å². The zero-order valence-corrected chi connectivity index (χ0v) is 12.2. The van der Waals surface area contributed by atoms with E-state index < -0.39 is 0 Å². The van der Waals surface area contributed by atoms with Gasteiger partial charge in [0, 0.05) is 9.75 Å². The molecule has 0 amide bonds. The number of nitrogens with zero attached hydrogens (tertiary/aromatic N) is 2. The molecule has 2 aromatic rings. The minimum atomic E-state index is 0.878. The van der Waals surface area contributed by atoms with Gasteiger partial charge in [0.05, 0.1) is 22.4 Å². The van der Waals surface area contributed by atoms with Crippen LogP contribution in [0.25, 0.3) is 0 Å². The molecule has 0 N–H and O–H groups in total. The van der Waals surface area contributed by atoms with E-state index in [4.69, 9.17) is 0 Å². The van der Waals surface area contributed by atoms with Gasteiger partial charge < -0.3 is 0 Å². The summed E-state index contributed by atoms with van der Waals surface area (Å²) in [6, 6.07) is 4.41. The van der Waals surface area contributed by atoms with Crippen LogP contribution < -0.4 is 0 Å². The first-order valence-electron chi connectivity index (χ1n) is 5.39. The van der Waals surface area contributed by atoms with Crippen molar-refractivity contribution in [2.75, 3.05) is 0 Å². The summed E-state index contributed by atoms with van der Waals surface area (Å²) in [7, 11) is 0. The summed E-state index contributed by atoms with van der Waals surface area (Å²) < 4.78 is 3.18. The molecule has 0 aliphatic heterocycles. The van der Waals surface area contributed by atoms with Gasteiger partial charge in [-0.15, -0.1) is 11.3 Å². The smallest absolute Gasteiger partial charge is 0.0755 e. The van der Waals surface area contributed by atoms with Gasteiger partial charge in [-0.2, -0.15) is 5.10 Å². The van der Waals surface area contributed by atoms with Gasteiger partial charge in [-0.05, 0) is 48.3 Å². The quantitative estimate of drug-likeness (QED) is 0.839. The third-order valence-electron chi connectivity index (χ3n) is 2.66. The number of aromatic nitrogens is 2. The standard InChI is InChI=1S/C12H15BrN2S/c1-4-10-5-6-11(16-10)7-15-9(3)12(13)8(2)14-15/h5-6H,4,7H2,1-3H3. The van der Waals surface area contributed by atoms with Crippen LogP contribution in [0.15, 0.2) is 16.6 Å². The first-order valence-corrected chi connectivity index (χ1v) is 7.00. The molecule has 0 fully saturated rings. The Morgan fingerprint density at radius 1 is 1.31 bits per heavy atom. The number of hydrogen-bond acceptors (Lipinski definition) is 2. The summed E-state index contributed by atoms with van der Waals surface area (Å²) in [5, 5.41) is 4.52. The highest BCUT2D eigenvalue weighted by molar-refractivity contribution is 9.10.